The molecule has 0 aliphatic heterocycles. The standard InChI is InChI=1S/C17H16ClNO3/c1-12(20)19-16-7-5-13(6-8-16)10-17(21)22-11-14-3-2-4-15(18)9-14/h2-9H,10-11H2,1H3,(H,19,20). The summed E-state index contributed by atoms with van der Waals surface area (Å²) in [4.78, 5) is 22.7. The first kappa shape index (κ1) is 16.0. The molecule has 0 saturated carbocycles. The number of hydrogen-bond donors (Lipinski definition) is 1. The van der Waals surface area contributed by atoms with Crippen LogP contribution in [0.5, 0.6) is 0 Å². The molecular weight excluding hydrogens is 302 g/mol. The summed E-state index contributed by atoms with van der Waals surface area (Å²) in [5, 5.41) is 3.28. The number of benzene rings is 2. The van der Waals surface area contributed by atoms with Crippen LogP contribution < -0.4 is 5.32 Å². The minimum atomic E-state index is -0.313. The molecule has 0 aliphatic rings. The average Bonchev–Trinajstić information content (AvgIpc) is 2.47. The Balaban J connectivity index is 1.85. The second-order valence-corrected chi connectivity index (χ2v) is 5.28. The Morgan fingerprint density at radius 3 is 2.45 bits per heavy atom. The number of carbonyl (C=O) groups is 2. The number of ether oxygens (including phenoxy) is 1. The molecule has 0 bridgehead atoms. The fourth-order valence-corrected chi connectivity index (χ4v) is 2.13. The van der Waals surface area contributed by atoms with E-state index in [0.29, 0.717) is 10.7 Å². The highest BCUT2D eigenvalue weighted by molar-refractivity contribution is 6.30. The number of amides is 1. The SMILES string of the molecule is CC(=O)Nc1ccc(CC(=O)OCc2cccc(Cl)c2)cc1. The first-order valence-electron chi connectivity index (χ1n) is 6.79. The van der Waals surface area contributed by atoms with Gasteiger partial charge < -0.3 is 10.1 Å². The Morgan fingerprint density at radius 2 is 1.82 bits per heavy atom. The molecule has 2 rings (SSSR count). The summed E-state index contributed by atoms with van der Waals surface area (Å²) in [6, 6.07) is 14.3. The molecule has 0 aliphatic carbocycles. The van der Waals surface area contributed by atoms with Crippen LogP contribution in [0.3, 0.4) is 0 Å². The van der Waals surface area contributed by atoms with Gasteiger partial charge in [-0.15, -0.1) is 0 Å². The average molecular weight is 318 g/mol. The molecule has 0 radical (unpaired) electrons. The third-order valence-electron chi connectivity index (χ3n) is 2.91. The maximum absolute atomic E-state index is 11.8. The van der Waals surface area contributed by atoms with E-state index in [-0.39, 0.29) is 24.9 Å². The number of anilines is 1. The van der Waals surface area contributed by atoms with Crippen LogP contribution >= 0.6 is 11.6 Å². The second-order valence-electron chi connectivity index (χ2n) is 4.85. The Hall–Kier alpha value is -2.33. The number of halogens is 1. The summed E-state index contributed by atoms with van der Waals surface area (Å²) < 4.78 is 5.21. The van der Waals surface area contributed by atoms with Gasteiger partial charge in [-0.25, -0.2) is 0 Å². The Bertz CT molecular complexity index is 668. The monoisotopic (exact) mass is 317 g/mol. The Labute approximate surface area is 134 Å². The summed E-state index contributed by atoms with van der Waals surface area (Å²) in [5.41, 5.74) is 2.37. The zero-order valence-electron chi connectivity index (χ0n) is 12.1. The molecule has 0 aromatic heterocycles. The quantitative estimate of drug-likeness (QED) is 0.857. The van der Waals surface area contributed by atoms with E-state index in [1.807, 2.05) is 12.1 Å². The normalized spacial score (nSPS) is 10.1. The molecule has 0 saturated heterocycles. The highest BCUT2D eigenvalue weighted by Gasteiger charge is 2.06. The van der Waals surface area contributed by atoms with Gasteiger partial charge in [0.05, 0.1) is 6.42 Å². The van der Waals surface area contributed by atoms with Gasteiger partial charge in [0.2, 0.25) is 5.91 Å². The predicted octanol–water partition coefficient (Wildman–Crippen LogP) is 3.58. The molecule has 0 heterocycles. The lowest BCUT2D eigenvalue weighted by Crippen LogP contribution is -2.09. The summed E-state index contributed by atoms with van der Waals surface area (Å²) in [5.74, 6) is -0.444. The first-order valence-corrected chi connectivity index (χ1v) is 7.17. The van der Waals surface area contributed by atoms with Gasteiger partial charge in [0.1, 0.15) is 6.61 Å². The molecule has 0 spiro atoms. The maximum atomic E-state index is 11.8. The van der Waals surface area contributed by atoms with Crippen LogP contribution in [-0.2, 0) is 27.4 Å². The molecule has 22 heavy (non-hydrogen) atoms. The smallest absolute Gasteiger partial charge is 0.310 e. The van der Waals surface area contributed by atoms with E-state index in [9.17, 15) is 9.59 Å². The zero-order valence-corrected chi connectivity index (χ0v) is 12.9. The predicted molar refractivity (Wildman–Crippen MR) is 85.7 cm³/mol. The van der Waals surface area contributed by atoms with E-state index in [2.05, 4.69) is 5.32 Å². The molecule has 5 heteroatoms. The van der Waals surface area contributed by atoms with Crippen molar-refractivity contribution in [3.8, 4) is 0 Å². The second kappa shape index (κ2) is 7.61. The van der Waals surface area contributed by atoms with Gasteiger partial charge in [-0.05, 0) is 35.4 Å². The summed E-state index contributed by atoms with van der Waals surface area (Å²) >= 11 is 5.87. The van der Waals surface area contributed by atoms with Crippen LogP contribution in [0.2, 0.25) is 5.02 Å². The van der Waals surface area contributed by atoms with Crippen molar-refractivity contribution in [1.29, 1.82) is 0 Å². The van der Waals surface area contributed by atoms with Gasteiger partial charge in [0.15, 0.2) is 0 Å². The lowest BCUT2D eigenvalue weighted by Gasteiger charge is -2.06. The molecule has 0 atom stereocenters. The van der Waals surface area contributed by atoms with Crippen LogP contribution in [0.15, 0.2) is 48.5 Å². The minimum absolute atomic E-state index is 0.131. The Kier molecular flexibility index (Phi) is 5.55. The van der Waals surface area contributed by atoms with E-state index in [4.69, 9.17) is 16.3 Å². The van der Waals surface area contributed by atoms with Gasteiger partial charge >= 0.3 is 5.97 Å². The molecule has 2 aromatic carbocycles. The highest BCUT2D eigenvalue weighted by Crippen LogP contribution is 2.13. The molecular formula is C17H16ClNO3. The first-order chi connectivity index (χ1) is 10.5. The fraction of sp³-hybridized carbons (Fsp3) is 0.176. The van der Waals surface area contributed by atoms with Gasteiger partial charge in [0.25, 0.3) is 0 Å². The molecule has 1 N–H and O–H groups in total. The fourth-order valence-electron chi connectivity index (χ4n) is 1.92. The number of carbonyl (C=O) groups excluding carboxylic acids is 2. The van der Waals surface area contributed by atoms with Crippen molar-refractivity contribution in [2.24, 2.45) is 0 Å². The van der Waals surface area contributed by atoms with E-state index in [1.165, 1.54) is 6.92 Å². The van der Waals surface area contributed by atoms with Crippen molar-refractivity contribution in [3.05, 3.63) is 64.7 Å². The number of nitrogens with one attached hydrogen (secondary N) is 1. The van der Waals surface area contributed by atoms with Crippen molar-refractivity contribution in [3.63, 3.8) is 0 Å². The lowest BCUT2D eigenvalue weighted by atomic mass is 10.1. The number of rotatable bonds is 5. The highest BCUT2D eigenvalue weighted by atomic mass is 35.5. The maximum Gasteiger partial charge on any atom is 0.310 e. The van der Waals surface area contributed by atoms with Crippen molar-refractivity contribution in [1.82, 2.24) is 0 Å². The van der Waals surface area contributed by atoms with Crippen molar-refractivity contribution in [2.45, 2.75) is 20.0 Å². The molecule has 2 aromatic rings. The molecule has 1 amide bonds. The minimum Gasteiger partial charge on any atom is -0.461 e. The molecule has 114 valence electrons. The lowest BCUT2D eigenvalue weighted by molar-refractivity contribution is -0.144. The number of esters is 1. The van der Waals surface area contributed by atoms with E-state index in [1.54, 1.807) is 36.4 Å². The Morgan fingerprint density at radius 1 is 1.09 bits per heavy atom. The summed E-state index contributed by atoms with van der Waals surface area (Å²) in [6.45, 7) is 1.64. The van der Waals surface area contributed by atoms with E-state index in [0.717, 1.165) is 11.1 Å². The van der Waals surface area contributed by atoms with Crippen molar-refractivity contribution in [2.75, 3.05) is 5.32 Å². The van der Waals surface area contributed by atoms with Gasteiger partial charge in [-0.1, -0.05) is 35.9 Å². The van der Waals surface area contributed by atoms with Gasteiger partial charge in [-0.3, -0.25) is 9.59 Å². The topological polar surface area (TPSA) is 55.4 Å². The molecule has 4 nitrogen and oxygen atoms in total. The van der Waals surface area contributed by atoms with Gasteiger partial charge in [0, 0.05) is 17.6 Å². The van der Waals surface area contributed by atoms with Crippen LogP contribution in [0.25, 0.3) is 0 Å². The van der Waals surface area contributed by atoms with Crippen LogP contribution in [-0.4, -0.2) is 11.9 Å². The van der Waals surface area contributed by atoms with E-state index >= 15 is 0 Å². The number of hydrogen-bond acceptors (Lipinski definition) is 3. The largest absolute Gasteiger partial charge is 0.461 e. The summed E-state index contributed by atoms with van der Waals surface area (Å²) in [7, 11) is 0. The molecule has 0 unspecified atom stereocenters. The van der Waals surface area contributed by atoms with Crippen LogP contribution in [0.4, 0.5) is 5.69 Å². The van der Waals surface area contributed by atoms with Crippen LogP contribution in [0.1, 0.15) is 18.1 Å². The molecule has 0 fully saturated rings. The van der Waals surface area contributed by atoms with Crippen LogP contribution in [0, 0.1) is 0 Å². The van der Waals surface area contributed by atoms with Crippen molar-refractivity contribution < 1.29 is 14.3 Å². The van der Waals surface area contributed by atoms with Gasteiger partial charge in [-0.2, -0.15) is 0 Å². The van der Waals surface area contributed by atoms with E-state index < -0.39 is 0 Å². The zero-order chi connectivity index (χ0) is 15.9. The third kappa shape index (κ3) is 5.22. The summed E-state index contributed by atoms with van der Waals surface area (Å²) in [6.07, 6.45) is 0.181. The van der Waals surface area contributed by atoms with Crippen molar-refractivity contribution >= 4 is 29.2 Å². The third-order valence-corrected chi connectivity index (χ3v) is 3.15.